The minimum absolute atomic E-state index is 0.505. The lowest BCUT2D eigenvalue weighted by Crippen LogP contribution is -2.13. The van der Waals surface area contributed by atoms with Crippen LogP contribution in [0.4, 0.5) is 0 Å². The Hall–Kier alpha value is 0.120. The summed E-state index contributed by atoms with van der Waals surface area (Å²) in [6.45, 7) is 4.33. The zero-order chi connectivity index (χ0) is 15.3. The molecule has 0 radical (unpaired) electrons. The van der Waals surface area contributed by atoms with Crippen molar-refractivity contribution in [1.29, 1.82) is 0 Å². The van der Waals surface area contributed by atoms with Gasteiger partial charge in [-0.05, 0) is 37.6 Å². The van der Waals surface area contributed by atoms with Crippen molar-refractivity contribution in [1.82, 2.24) is 9.88 Å². The molecule has 2 heterocycles. The van der Waals surface area contributed by atoms with Crippen molar-refractivity contribution in [3.8, 4) is 0 Å². The normalized spacial score (nSPS) is 19.8. The number of nitrogens with zero attached hydrogens (tertiary/aromatic N) is 1. The molecule has 0 unspecified atom stereocenters. The van der Waals surface area contributed by atoms with Gasteiger partial charge < -0.3 is 9.88 Å². The molecule has 2 aromatic rings. The van der Waals surface area contributed by atoms with Crippen LogP contribution in [0.25, 0.3) is 10.9 Å². The second-order valence-electron chi connectivity index (χ2n) is 5.76. The summed E-state index contributed by atoms with van der Waals surface area (Å²) in [6.07, 6.45) is 2.06. The van der Waals surface area contributed by atoms with Crippen LogP contribution in [0.5, 0.6) is 0 Å². The summed E-state index contributed by atoms with van der Waals surface area (Å²) in [7, 11) is 2.17. The monoisotopic (exact) mass is 356 g/mol. The molecule has 1 aliphatic heterocycles. The summed E-state index contributed by atoms with van der Waals surface area (Å²) in [4.78, 5) is 8.60. The van der Waals surface area contributed by atoms with E-state index in [1.165, 1.54) is 16.5 Å². The van der Waals surface area contributed by atoms with Gasteiger partial charge in [0.05, 0.1) is 10.5 Å². The predicted molar refractivity (Wildman–Crippen MR) is 102 cm³/mol. The molecule has 0 aliphatic carbocycles. The molecule has 3 rings (SSSR count). The van der Waals surface area contributed by atoms with E-state index in [0.29, 0.717) is 5.92 Å². The van der Waals surface area contributed by atoms with E-state index >= 15 is 0 Å². The maximum Gasteiger partial charge on any atom is 0.0738 e. The van der Waals surface area contributed by atoms with Crippen LogP contribution in [-0.2, 0) is 6.42 Å². The fraction of sp³-hybridized carbons (Fsp3) is 0.467. The molecular weight excluding hydrogens is 336 g/mol. The Morgan fingerprint density at radius 2 is 1.86 bits per heavy atom. The molecule has 0 spiro atoms. The number of hydrogen-bond acceptors (Lipinski definition) is 5. The fourth-order valence-electron chi connectivity index (χ4n) is 3.35. The summed E-state index contributed by atoms with van der Waals surface area (Å²) in [5.74, 6) is 0.505. The van der Waals surface area contributed by atoms with Gasteiger partial charge in [0.2, 0.25) is 0 Å². The maximum atomic E-state index is 4.81. The Morgan fingerprint density at radius 3 is 2.43 bits per heavy atom. The minimum Gasteiger partial charge on any atom is -0.349 e. The molecule has 1 atom stereocenters. The second-order valence-corrected chi connectivity index (χ2v) is 7.55. The molecule has 1 aliphatic rings. The highest BCUT2D eigenvalue weighted by molar-refractivity contribution is 7.84. The van der Waals surface area contributed by atoms with Crippen molar-refractivity contribution in [2.75, 3.05) is 20.1 Å². The highest BCUT2D eigenvalue weighted by atomic mass is 32.1. The average molecular weight is 357 g/mol. The van der Waals surface area contributed by atoms with Crippen LogP contribution < -0.4 is 0 Å². The lowest BCUT2D eigenvalue weighted by molar-refractivity contribution is 0.411. The molecule has 1 aromatic carbocycles. The number of hydrogen-bond donors (Lipinski definition) is 5. The van der Waals surface area contributed by atoms with Gasteiger partial charge in [-0.25, -0.2) is 0 Å². The first-order chi connectivity index (χ1) is 9.95. The third kappa shape index (κ3) is 2.53. The van der Waals surface area contributed by atoms with Gasteiger partial charge in [-0.1, -0.05) is 6.92 Å². The van der Waals surface area contributed by atoms with E-state index in [9.17, 15) is 0 Å². The molecule has 1 saturated heterocycles. The van der Waals surface area contributed by atoms with Gasteiger partial charge in [0.25, 0.3) is 0 Å². The molecule has 6 heteroatoms. The number of aromatic nitrogens is 1. The zero-order valence-electron chi connectivity index (χ0n) is 12.1. The van der Waals surface area contributed by atoms with Crippen LogP contribution in [0, 0.1) is 0 Å². The lowest BCUT2D eigenvalue weighted by Gasteiger charge is -2.15. The number of aromatic amines is 1. The highest BCUT2D eigenvalue weighted by Crippen LogP contribution is 2.44. The molecule has 1 fully saturated rings. The molecule has 2 nitrogen and oxygen atoms in total. The van der Waals surface area contributed by atoms with Crippen LogP contribution in [0.15, 0.2) is 19.7 Å². The summed E-state index contributed by atoms with van der Waals surface area (Å²) >= 11 is 18.8. The number of rotatable bonds is 2. The van der Waals surface area contributed by atoms with Crippen molar-refractivity contribution < 1.29 is 0 Å². The third-order valence-corrected chi connectivity index (χ3v) is 6.40. The van der Waals surface area contributed by atoms with E-state index in [-0.39, 0.29) is 0 Å². The van der Waals surface area contributed by atoms with Crippen LogP contribution in [0.2, 0.25) is 0 Å². The Labute approximate surface area is 147 Å². The molecular formula is C15H20N2S4. The quantitative estimate of drug-likeness (QED) is 0.508. The Kier molecular flexibility index (Phi) is 4.54. The maximum absolute atomic E-state index is 4.81. The first-order valence-corrected chi connectivity index (χ1v) is 8.93. The molecule has 1 N–H and O–H groups in total. The van der Waals surface area contributed by atoms with Crippen LogP contribution in [-0.4, -0.2) is 30.0 Å². The third-order valence-electron chi connectivity index (χ3n) is 4.44. The van der Waals surface area contributed by atoms with E-state index in [2.05, 4.69) is 61.7 Å². The van der Waals surface area contributed by atoms with Gasteiger partial charge in [0.15, 0.2) is 0 Å². The predicted octanol–water partition coefficient (Wildman–Crippen LogP) is 4.30. The largest absolute Gasteiger partial charge is 0.349 e. The second kappa shape index (κ2) is 5.96. The van der Waals surface area contributed by atoms with Crippen molar-refractivity contribution >= 4 is 61.4 Å². The zero-order valence-corrected chi connectivity index (χ0v) is 15.7. The van der Waals surface area contributed by atoms with E-state index in [1.54, 1.807) is 0 Å². The summed E-state index contributed by atoms with van der Waals surface area (Å²) in [6, 6.07) is 0. The molecule has 21 heavy (non-hydrogen) atoms. The van der Waals surface area contributed by atoms with Gasteiger partial charge in [0, 0.05) is 32.5 Å². The fourth-order valence-corrected chi connectivity index (χ4v) is 5.03. The van der Waals surface area contributed by atoms with Crippen molar-refractivity contribution in [2.24, 2.45) is 0 Å². The Balaban J connectivity index is 2.30. The smallest absolute Gasteiger partial charge is 0.0738 e. The minimum atomic E-state index is 0.505. The number of likely N-dealkylation sites (N-methyl/N-ethyl adjacent to an activating group) is 1. The van der Waals surface area contributed by atoms with Gasteiger partial charge >= 0.3 is 0 Å². The number of fused-ring (bicyclic) bond motifs is 1. The van der Waals surface area contributed by atoms with Gasteiger partial charge in [-0.3, -0.25) is 0 Å². The highest BCUT2D eigenvalue weighted by Gasteiger charge is 2.28. The van der Waals surface area contributed by atoms with E-state index in [4.69, 9.17) is 12.6 Å². The van der Waals surface area contributed by atoms with E-state index < -0.39 is 0 Å². The van der Waals surface area contributed by atoms with Crippen molar-refractivity contribution in [2.45, 2.75) is 45.4 Å². The molecule has 0 bridgehead atoms. The molecule has 1 aromatic heterocycles. The number of thiol groups is 4. The number of nitrogens with one attached hydrogen (secondary N) is 1. The van der Waals surface area contributed by atoms with Crippen molar-refractivity contribution in [3.63, 3.8) is 0 Å². The standard InChI is InChI=1S/C15H20N2S4/c1-3-8-12(18)10-9(7-4-5-17(2)6-7)15(21)16-11(10)14(20)13(8)19/h7,16,18-21H,3-6H2,1-2H3/t7-/m0/s1. The van der Waals surface area contributed by atoms with Crippen LogP contribution in [0.3, 0.4) is 0 Å². The van der Waals surface area contributed by atoms with Gasteiger partial charge in [0.1, 0.15) is 0 Å². The molecule has 0 amide bonds. The number of benzene rings is 1. The molecule has 0 saturated carbocycles. The van der Waals surface area contributed by atoms with Gasteiger partial charge in [-0.2, -0.15) is 0 Å². The average Bonchev–Trinajstić information content (AvgIpc) is 3.00. The summed E-state index contributed by atoms with van der Waals surface area (Å²) in [5.41, 5.74) is 3.47. The topological polar surface area (TPSA) is 19.0 Å². The molecule has 114 valence electrons. The van der Waals surface area contributed by atoms with E-state index in [0.717, 1.165) is 51.2 Å². The lowest BCUT2D eigenvalue weighted by atomic mass is 9.96. The van der Waals surface area contributed by atoms with Crippen molar-refractivity contribution in [3.05, 3.63) is 11.1 Å². The number of likely N-dealkylation sites (tertiary alicyclic amines) is 1. The van der Waals surface area contributed by atoms with Gasteiger partial charge in [-0.15, -0.1) is 50.5 Å². The first-order valence-electron chi connectivity index (χ1n) is 7.14. The Bertz CT molecular complexity index is 708. The Morgan fingerprint density at radius 1 is 1.14 bits per heavy atom. The van der Waals surface area contributed by atoms with Crippen LogP contribution >= 0.6 is 50.5 Å². The van der Waals surface area contributed by atoms with Crippen LogP contribution in [0.1, 0.15) is 30.4 Å². The summed E-state index contributed by atoms with van der Waals surface area (Å²) in [5, 5.41) is 2.13. The van der Waals surface area contributed by atoms with E-state index in [1.807, 2.05) is 0 Å². The first kappa shape index (κ1) is 16.0. The SMILES string of the molecule is CCc1c(S)c(S)c2[nH]c(S)c([C@H]3CCN(C)C3)c2c1S. The summed E-state index contributed by atoms with van der Waals surface area (Å²) < 4.78 is 0. The number of H-pyrrole nitrogens is 1.